The Balaban J connectivity index is 2.10. The van der Waals surface area contributed by atoms with Gasteiger partial charge in [-0.25, -0.2) is 4.39 Å². The number of hydrogen-bond donors (Lipinski definition) is 1. The molecule has 0 radical (unpaired) electrons. The Hall–Kier alpha value is -0.700. The molecule has 1 N–H and O–H groups in total. The second kappa shape index (κ2) is 4.22. The number of benzene rings is 1. The van der Waals surface area contributed by atoms with Crippen LogP contribution < -0.4 is 5.32 Å². The first-order chi connectivity index (χ1) is 6.75. The number of hydrogen-bond acceptors (Lipinski definition) is 2. The molecule has 0 saturated carbocycles. The van der Waals surface area contributed by atoms with E-state index in [2.05, 4.69) is 5.32 Å². The minimum Gasteiger partial charge on any atom is -0.381 e. The van der Waals surface area contributed by atoms with Crippen LogP contribution in [0.25, 0.3) is 0 Å². The van der Waals surface area contributed by atoms with Gasteiger partial charge in [-0.05, 0) is 36.8 Å². The van der Waals surface area contributed by atoms with Gasteiger partial charge in [0.25, 0.3) is 0 Å². The van der Waals surface area contributed by atoms with Crippen LogP contribution in [0.4, 0.5) is 10.1 Å². The third-order valence-electron chi connectivity index (χ3n) is 2.49. The number of anilines is 1. The quantitative estimate of drug-likeness (QED) is 0.807. The van der Waals surface area contributed by atoms with Gasteiger partial charge in [0, 0.05) is 17.5 Å². The van der Waals surface area contributed by atoms with Crippen molar-refractivity contribution in [1.82, 2.24) is 0 Å². The average molecular weight is 211 g/mol. The highest BCUT2D eigenvalue weighted by Gasteiger charge is 2.15. The van der Waals surface area contributed by atoms with Gasteiger partial charge in [0.1, 0.15) is 5.82 Å². The van der Waals surface area contributed by atoms with Gasteiger partial charge in [-0.3, -0.25) is 0 Å². The highest BCUT2D eigenvalue weighted by molar-refractivity contribution is 7.99. The zero-order valence-corrected chi connectivity index (χ0v) is 9.03. The molecule has 0 aromatic heterocycles. The van der Waals surface area contributed by atoms with E-state index in [-0.39, 0.29) is 5.82 Å². The molecular weight excluding hydrogens is 197 g/mol. The van der Waals surface area contributed by atoms with E-state index in [1.54, 1.807) is 6.07 Å². The predicted molar refractivity (Wildman–Crippen MR) is 60.5 cm³/mol. The smallest absolute Gasteiger partial charge is 0.125 e. The van der Waals surface area contributed by atoms with E-state index in [9.17, 15) is 4.39 Å². The first kappa shape index (κ1) is 9.84. The number of thioether (sulfide) groups is 1. The van der Waals surface area contributed by atoms with E-state index < -0.39 is 0 Å². The van der Waals surface area contributed by atoms with Crippen molar-refractivity contribution in [3.63, 3.8) is 0 Å². The Kier molecular flexibility index (Phi) is 2.96. The number of rotatable bonds is 2. The van der Waals surface area contributed by atoms with Crippen LogP contribution in [0.2, 0.25) is 0 Å². The van der Waals surface area contributed by atoms with Crippen LogP contribution in [-0.2, 0) is 0 Å². The number of nitrogens with one attached hydrogen (secondary N) is 1. The van der Waals surface area contributed by atoms with E-state index in [4.69, 9.17) is 0 Å². The van der Waals surface area contributed by atoms with Crippen LogP contribution in [0.5, 0.6) is 0 Å². The molecule has 0 bridgehead atoms. The van der Waals surface area contributed by atoms with E-state index in [0.29, 0.717) is 6.04 Å². The number of aryl methyl sites for hydroxylation is 1. The molecule has 1 aromatic carbocycles. The molecule has 1 heterocycles. The van der Waals surface area contributed by atoms with Crippen molar-refractivity contribution in [1.29, 1.82) is 0 Å². The molecule has 1 saturated heterocycles. The maximum absolute atomic E-state index is 13.0. The fourth-order valence-electron chi connectivity index (χ4n) is 1.62. The molecule has 3 heteroatoms. The molecule has 1 aromatic rings. The number of halogens is 1. The van der Waals surface area contributed by atoms with Crippen LogP contribution in [-0.4, -0.2) is 17.5 Å². The summed E-state index contributed by atoms with van der Waals surface area (Å²) in [5.41, 5.74) is 2.06. The lowest BCUT2D eigenvalue weighted by Crippen LogP contribution is -2.18. The largest absolute Gasteiger partial charge is 0.381 e. The highest BCUT2D eigenvalue weighted by atomic mass is 32.2. The summed E-state index contributed by atoms with van der Waals surface area (Å²) >= 11 is 1.96. The van der Waals surface area contributed by atoms with Gasteiger partial charge in [0.15, 0.2) is 0 Å². The summed E-state index contributed by atoms with van der Waals surface area (Å²) in [6, 6.07) is 5.42. The summed E-state index contributed by atoms with van der Waals surface area (Å²) in [5, 5.41) is 3.39. The molecule has 2 rings (SSSR count). The third kappa shape index (κ3) is 2.21. The van der Waals surface area contributed by atoms with Crippen molar-refractivity contribution < 1.29 is 4.39 Å². The van der Waals surface area contributed by atoms with Crippen LogP contribution in [0, 0.1) is 12.7 Å². The summed E-state index contributed by atoms with van der Waals surface area (Å²) in [6.45, 7) is 2.00. The normalized spacial score (nSPS) is 21.1. The zero-order chi connectivity index (χ0) is 9.97. The summed E-state index contributed by atoms with van der Waals surface area (Å²) < 4.78 is 13.0. The lowest BCUT2D eigenvalue weighted by molar-refractivity contribution is 0.627. The Bertz CT molecular complexity index is 321. The SMILES string of the molecule is Cc1ccc(F)cc1N[C@@H]1CCSC1. The molecule has 0 spiro atoms. The van der Waals surface area contributed by atoms with E-state index in [0.717, 1.165) is 17.0 Å². The molecule has 1 fully saturated rings. The highest BCUT2D eigenvalue weighted by Crippen LogP contribution is 2.23. The lowest BCUT2D eigenvalue weighted by Gasteiger charge is -2.14. The van der Waals surface area contributed by atoms with Crippen LogP contribution in [0.15, 0.2) is 18.2 Å². The Morgan fingerprint density at radius 1 is 1.50 bits per heavy atom. The van der Waals surface area contributed by atoms with Crippen molar-refractivity contribution in [3.8, 4) is 0 Å². The second-order valence-electron chi connectivity index (χ2n) is 3.66. The Morgan fingerprint density at radius 2 is 2.36 bits per heavy atom. The minimum atomic E-state index is -0.163. The van der Waals surface area contributed by atoms with E-state index in [1.807, 2.05) is 24.8 Å². The summed E-state index contributed by atoms with van der Waals surface area (Å²) in [6.07, 6.45) is 1.18. The third-order valence-corrected chi connectivity index (χ3v) is 3.65. The molecule has 0 unspecified atom stereocenters. The standard InChI is InChI=1S/C11H14FNS/c1-8-2-3-9(12)6-11(8)13-10-4-5-14-7-10/h2-3,6,10,13H,4-5,7H2,1H3/t10-/m1/s1. The molecule has 1 nitrogen and oxygen atoms in total. The first-order valence-corrected chi connectivity index (χ1v) is 6.01. The van der Waals surface area contributed by atoms with Gasteiger partial charge >= 0.3 is 0 Å². The summed E-state index contributed by atoms with van der Waals surface area (Å²) in [7, 11) is 0. The maximum Gasteiger partial charge on any atom is 0.125 e. The Morgan fingerprint density at radius 3 is 3.07 bits per heavy atom. The Labute approximate surface area is 88.1 Å². The fraction of sp³-hybridized carbons (Fsp3) is 0.455. The van der Waals surface area contributed by atoms with E-state index >= 15 is 0 Å². The maximum atomic E-state index is 13.0. The molecule has 0 amide bonds. The van der Waals surface area contributed by atoms with Crippen LogP contribution in [0.3, 0.4) is 0 Å². The average Bonchev–Trinajstić information content (AvgIpc) is 2.64. The van der Waals surface area contributed by atoms with Crippen LogP contribution in [0.1, 0.15) is 12.0 Å². The monoisotopic (exact) mass is 211 g/mol. The summed E-state index contributed by atoms with van der Waals surface area (Å²) in [4.78, 5) is 0. The van der Waals surface area contributed by atoms with Crippen molar-refractivity contribution in [2.75, 3.05) is 16.8 Å². The minimum absolute atomic E-state index is 0.163. The van der Waals surface area contributed by atoms with Crippen molar-refractivity contribution in [2.24, 2.45) is 0 Å². The van der Waals surface area contributed by atoms with Gasteiger partial charge in [-0.15, -0.1) is 0 Å². The summed E-state index contributed by atoms with van der Waals surface area (Å²) in [5.74, 6) is 2.19. The first-order valence-electron chi connectivity index (χ1n) is 4.86. The fourth-order valence-corrected chi connectivity index (χ4v) is 2.77. The molecule has 14 heavy (non-hydrogen) atoms. The zero-order valence-electron chi connectivity index (χ0n) is 8.22. The molecular formula is C11H14FNS. The van der Waals surface area contributed by atoms with Gasteiger partial charge in [0.2, 0.25) is 0 Å². The van der Waals surface area contributed by atoms with Gasteiger partial charge in [-0.1, -0.05) is 6.07 Å². The van der Waals surface area contributed by atoms with E-state index in [1.165, 1.54) is 18.2 Å². The topological polar surface area (TPSA) is 12.0 Å². The lowest BCUT2D eigenvalue weighted by atomic mass is 10.1. The van der Waals surface area contributed by atoms with Crippen molar-refractivity contribution in [2.45, 2.75) is 19.4 Å². The van der Waals surface area contributed by atoms with Crippen molar-refractivity contribution >= 4 is 17.4 Å². The van der Waals surface area contributed by atoms with Crippen molar-refractivity contribution in [3.05, 3.63) is 29.6 Å². The van der Waals surface area contributed by atoms with Gasteiger partial charge < -0.3 is 5.32 Å². The predicted octanol–water partition coefficient (Wildman–Crippen LogP) is 3.05. The van der Waals surface area contributed by atoms with Crippen LogP contribution >= 0.6 is 11.8 Å². The molecule has 76 valence electrons. The molecule has 0 aliphatic carbocycles. The second-order valence-corrected chi connectivity index (χ2v) is 4.81. The van der Waals surface area contributed by atoms with Gasteiger partial charge in [-0.2, -0.15) is 11.8 Å². The molecule has 1 aliphatic heterocycles. The molecule has 1 atom stereocenters. The van der Waals surface area contributed by atoms with Gasteiger partial charge in [0.05, 0.1) is 0 Å². The molecule has 1 aliphatic rings.